The highest BCUT2D eigenvalue weighted by Crippen LogP contribution is 2.36. The van der Waals surface area contributed by atoms with Crippen LogP contribution < -0.4 is 4.90 Å². The van der Waals surface area contributed by atoms with Crippen LogP contribution in [0.3, 0.4) is 0 Å². The van der Waals surface area contributed by atoms with Gasteiger partial charge < -0.3 is 4.90 Å². The maximum absolute atomic E-state index is 13.4. The lowest BCUT2D eigenvalue weighted by molar-refractivity contribution is -0.120. The van der Waals surface area contributed by atoms with Gasteiger partial charge in [0.25, 0.3) is 11.8 Å². The first kappa shape index (κ1) is 17.8. The average molecular weight is 381 g/mol. The van der Waals surface area contributed by atoms with E-state index in [9.17, 15) is 9.59 Å². The molecule has 0 spiro atoms. The van der Waals surface area contributed by atoms with E-state index in [4.69, 9.17) is 11.6 Å². The predicted octanol–water partition coefficient (Wildman–Crippen LogP) is 4.36. The van der Waals surface area contributed by atoms with Crippen LogP contribution >= 0.6 is 11.6 Å². The Kier molecular flexibility index (Phi) is 4.75. The number of halogens is 1. The lowest BCUT2D eigenvalue weighted by Crippen LogP contribution is -2.38. The molecule has 0 aromatic heterocycles. The highest BCUT2D eigenvalue weighted by molar-refractivity contribution is 6.45. The molecule has 5 heteroatoms. The summed E-state index contributed by atoms with van der Waals surface area (Å²) in [5, 5.41) is 0.495. The molecule has 0 bridgehead atoms. The number of hydrogen-bond acceptors (Lipinski definition) is 3. The van der Waals surface area contributed by atoms with Gasteiger partial charge in [0.2, 0.25) is 0 Å². The number of imide groups is 1. The normalized spacial score (nSPS) is 18.6. The van der Waals surface area contributed by atoms with E-state index in [1.165, 1.54) is 4.90 Å². The molecule has 2 aromatic carbocycles. The second kappa shape index (κ2) is 7.20. The SMILES string of the molecule is CC1CCN(C2=C(c3ccccc3)C(=O)N(c3cccc(Cl)c3)C2=O)CC1. The van der Waals surface area contributed by atoms with E-state index in [1.807, 2.05) is 30.3 Å². The van der Waals surface area contributed by atoms with Crippen LogP contribution in [-0.2, 0) is 9.59 Å². The van der Waals surface area contributed by atoms with Gasteiger partial charge in [-0.1, -0.05) is 54.9 Å². The lowest BCUT2D eigenvalue weighted by Gasteiger charge is -2.32. The number of benzene rings is 2. The minimum absolute atomic E-state index is 0.268. The molecule has 2 heterocycles. The van der Waals surface area contributed by atoms with E-state index in [0.29, 0.717) is 27.9 Å². The van der Waals surface area contributed by atoms with Gasteiger partial charge in [-0.15, -0.1) is 0 Å². The molecule has 0 aliphatic carbocycles. The highest BCUT2D eigenvalue weighted by Gasteiger charge is 2.42. The number of hydrogen-bond donors (Lipinski definition) is 0. The summed E-state index contributed by atoms with van der Waals surface area (Å²) in [7, 11) is 0. The first-order valence-corrected chi connectivity index (χ1v) is 9.63. The van der Waals surface area contributed by atoms with Crippen molar-refractivity contribution in [3.8, 4) is 0 Å². The van der Waals surface area contributed by atoms with Gasteiger partial charge in [-0.25, -0.2) is 4.90 Å². The molecule has 2 aliphatic rings. The number of nitrogens with zero attached hydrogens (tertiary/aromatic N) is 2. The summed E-state index contributed by atoms with van der Waals surface area (Å²) >= 11 is 6.10. The second-order valence-electron chi connectivity index (χ2n) is 7.18. The molecule has 2 amide bonds. The minimum Gasteiger partial charge on any atom is -0.366 e. The Bertz CT molecular complexity index is 915. The average Bonchev–Trinajstić information content (AvgIpc) is 2.93. The summed E-state index contributed by atoms with van der Waals surface area (Å²) in [5.41, 5.74) is 2.27. The molecule has 0 radical (unpaired) electrons. The summed E-state index contributed by atoms with van der Waals surface area (Å²) in [5.74, 6) is 0.0797. The third-order valence-electron chi connectivity index (χ3n) is 5.29. The van der Waals surface area contributed by atoms with Crippen molar-refractivity contribution in [2.75, 3.05) is 18.0 Å². The van der Waals surface area contributed by atoms with Crippen molar-refractivity contribution in [2.45, 2.75) is 19.8 Å². The second-order valence-corrected chi connectivity index (χ2v) is 7.62. The van der Waals surface area contributed by atoms with Crippen molar-refractivity contribution in [3.05, 3.63) is 70.9 Å². The number of anilines is 1. The van der Waals surface area contributed by atoms with E-state index >= 15 is 0 Å². The van der Waals surface area contributed by atoms with Crippen molar-refractivity contribution in [2.24, 2.45) is 5.92 Å². The standard InChI is InChI=1S/C22H21ClN2O2/c1-15-10-12-24(13-11-15)20-19(16-6-3-2-4-7-16)21(26)25(22(20)27)18-9-5-8-17(23)14-18/h2-9,14-15H,10-13H2,1H3. The molecule has 0 unspecified atom stereocenters. The van der Waals surface area contributed by atoms with Crippen LogP contribution in [0.25, 0.3) is 5.57 Å². The van der Waals surface area contributed by atoms with E-state index < -0.39 is 0 Å². The van der Waals surface area contributed by atoms with Gasteiger partial charge in [-0.2, -0.15) is 0 Å². The molecular formula is C22H21ClN2O2. The molecule has 0 saturated carbocycles. The number of amides is 2. The van der Waals surface area contributed by atoms with Crippen molar-refractivity contribution >= 4 is 34.7 Å². The maximum Gasteiger partial charge on any atom is 0.282 e. The Balaban J connectivity index is 1.80. The molecule has 27 heavy (non-hydrogen) atoms. The van der Waals surface area contributed by atoms with Gasteiger partial charge in [-0.05, 0) is 42.5 Å². The van der Waals surface area contributed by atoms with Crippen LogP contribution in [0, 0.1) is 5.92 Å². The van der Waals surface area contributed by atoms with Crippen molar-refractivity contribution in [1.82, 2.24) is 4.90 Å². The van der Waals surface area contributed by atoms with Crippen molar-refractivity contribution in [3.63, 3.8) is 0 Å². The fourth-order valence-corrected chi connectivity index (χ4v) is 3.94. The van der Waals surface area contributed by atoms with Crippen LogP contribution in [0.5, 0.6) is 0 Å². The molecule has 4 rings (SSSR count). The smallest absolute Gasteiger partial charge is 0.282 e. The Morgan fingerprint density at radius 3 is 2.30 bits per heavy atom. The zero-order valence-corrected chi connectivity index (χ0v) is 15.9. The van der Waals surface area contributed by atoms with E-state index in [0.717, 1.165) is 31.5 Å². The molecule has 2 aliphatic heterocycles. The summed E-state index contributed by atoms with van der Waals surface area (Å²) < 4.78 is 0. The van der Waals surface area contributed by atoms with E-state index in [-0.39, 0.29) is 11.8 Å². The molecule has 4 nitrogen and oxygen atoms in total. The molecule has 1 fully saturated rings. The largest absolute Gasteiger partial charge is 0.366 e. The number of carbonyl (C=O) groups excluding carboxylic acids is 2. The lowest BCUT2D eigenvalue weighted by atomic mass is 9.97. The summed E-state index contributed by atoms with van der Waals surface area (Å²) in [6.07, 6.45) is 2.04. The van der Waals surface area contributed by atoms with Gasteiger partial charge in [0.1, 0.15) is 5.70 Å². The maximum atomic E-state index is 13.4. The number of rotatable bonds is 3. The van der Waals surface area contributed by atoms with Crippen LogP contribution in [-0.4, -0.2) is 29.8 Å². The van der Waals surface area contributed by atoms with Gasteiger partial charge >= 0.3 is 0 Å². The molecule has 2 aromatic rings. The number of piperidine rings is 1. The Morgan fingerprint density at radius 2 is 1.63 bits per heavy atom. The third kappa shape index (κ3) is 3.26. The van der Waals surface area contributed by atoms with Crippen molar-refractivity contribution < 1.29 is 9.59 Å². The Morgan fingerprint density at radius 1 is 0.926 bits per heavy atom. The summed E-state index contributed by atoms with van der Waals surface area (Å²) in [6, 6.07) is 16.3. The highest BCUT2D eigenvalue weighted by atomic mass is 35.5. The Labute approximate surface area is 164 Å². The first-order chi connectivity index (χ1) is 13.1. The molecule has 0 atom stereocenters. The summed E-state index contributed by atoms with van der Waals surface area (Å²) in [4.78, 5) is 30.0. The summed E-state index contributed by atoms with van der Waals surface area (Å²) in [6.45, 7) is 3.80. The third-order valence-corrected chi connectivity index (χ3v) is 5.52. The monoisotopic (exact) mass is 380 g/mol. The van der Waals surface area contributed by atoms with E-state index in [2.05, 4.69) is 11.8 Å². The Hall–Kier alpha value is -2.59. The fraction of sp³-hybridized carbons (Fsp3) is 0.273. The number of carbonyl (C=O) groups is 2. The van der Waals surface area contributed by atoms with Gasteiger partial charge in [0.05, 0.1) is 11.3 Å². The van der Waals surface area contributed by atoms with Crippen LogP contribution in [0.15, 0.2) is 60.3 Å². The van der Waals surface area contributed by atoms with Crippen LogP contribution in [0.1, 0.15) is 25.3 Å². The quantitative estimate of drug-likeness (QED) is 0.743. The van der Waals surface area contributed by atoms with Crippen LogP contribution in [0.2, 0.25) is 5.02 Å². The van der Waals surface area contributed by atoms with Crippen LogP contribution in [0.4, 0.5) is 5.69 Å². The molecule has 138 valence electrons. The van der Waals surface area contributed by atoms with Gasteiger partial charge in [0.15, 0.2) is 0 Å². The minimum atomic E-state index is -0.290. The molecule has 0 N–H and O–H groups in total. The topological polar surface area (TPSA) is 40.6 Å². The first-order valence-electron chi connectivity index (χ1n) is 9.25. The number of likely N-dealkylation sites (tertiary alicyclic amines) is 1. The van der Waals surface area contributed by atoms with Gasteiger partial charge in [-0.3, -0.25) is 9.59 Å². The fourth-order valence-electron chi connectivity index (χ4n) is 3.76. The molecular weight excluding hydrogens is 360 g/mol. The van der Waals surface area contributed by atoms with Crippen molar-refractivity contribution in [1.29, 1.82) is 0 Å². The predicted molar refractivity (Wildman–Crippen MR) is 107 cm³/mol. The molecule has 1 saturated heterocycles. The van der Waals surface area contributed by atoms with E-state index in [1.54, 1.807) is 24.3 Å². The van der Waals surface area contributed by atoms with Gasteiger partial charge in [0, 0.05) is 18.1 Å². The zero-order valence-electron chi connectivity index (χ0n) is 15.2. The zero-order chi connectivity index (χ0) is 19.0.